The number of rotatable bonds is 5. The summed E-state index contributed by atoms with van der Waals surface area (Å²) < 4.78 is 1.85. The van der Waals surface area contributed by atoms with Crippen LogP contribution in [0.15, 0.2) is 48.7 Å². The molecule has 2 aromatic heterocycles. The zero-order valence-corrected chi connectivity index (χ0v) is 15.9. The Morgan fingerprint density at radius 1 is 1.11 bits per heavy atom. The Hall–Kier alpha value is -2.89. The number of carbonyl (C=O) groups excluding carboxylic acids is 1. The summed E-state index contributed by atoms with van der Waals surface area (Å²) in [7, 11) is 0. The normalized spacial score (nSPS) is 19.7. The maximum absolute atomic E-state index is 12.4. The Labute approximate surface area is 164 Å². The number of nitrogens with zero attached hydrogens (tertiary/aromatic N) is 4. The van der Waals surface area contributed by atoms with Crippen LogP contribution in [0.5, 0.6) is 0 Å². The van der Waals surface area contributed by atoms with E-state index in [1.165, 1.54) is 5.56 Å². The second-order valence-corrected chi connectivity index (χ2v) is 7.93. The zero-order valence-electron chi connectivity index (χ0n) is 15.9. The van der Waals surface area contributed by atoms with E-state index < -0.39 is 0 Å². The molecule has 1 unspecified atom stereocenters. The van der Waals surface area contributed by atoms with Gasteiger partial charge in [0.2, 0.25) is 5.91 Å². The second-order valence-electron chi connectivity index (χ2n) is 7.93. The van der Waals surface area contributed by atoms with Crippen LogP contribution in [0.1, 0.15) is 43.0 Å². The monoisotopic (exact) mass is 375 g/mol. The van der Waals surface area contributed by atoms with Crippen LogP contribution in [0, 0.1) is 5.92 Å². The van der Waals surface area contributed by atoms with Crippen molar-refractivity contribution < 1.29 is 4.79 Å². The van der Waals surface area contributed by atoms with E-state index in [1.54, 1.807) is 0 Å². The fourth-order valence-corrected chi connectivity index (χ4v) is 3.95. The van der Waals surface area contributed by atoms with Crippen molar-refractivity contribution in [1.29, 1.82) is 0 Å². The molecule has 6 nitrogen and oxygen atoms in total. The summed E-state index contributed by atoms with van der Waals surface area (Å²) in [6, 6.07) is 14.4. The molecule has 2 fully saturated rings. The maximum atomic E-state index is 12.4. The van der Waals surface area contributed by atoms with E-state index in [2.05, 4.69) is 17.4 Å². The summed E-state index contributed by atoms with van der Waals surface area (Å²) in [5, 5.41) is 8.18. The molecule has 1 N–H and O–H groups in total. The minimum Gasteiger partial charge on any atom is -0.380 e. The summed E-state index contributed by atoms with van der Waals surface area (Å²) in [4.78, 5) is 19.2. The molecule has 1 aromatic carbocycles. The van der Waals surface area contributed by atoms with Crippen molar-refractivity contribution in [3.05, 3.63) is 60.0 Å². The predicted molar refractivity (Wildman–Crippen MR) is 108 cm³/mol. The van der Waals surface area contributed by atoms with Crippen molar-refractivity contribution >= 4 is 17.2 Å². The van der Waals surface area contributed by atoms with Crippen molar-refractivity contribution in [2.75, 3.05) is 18.4 Å². The first-order chi connectivity index (χ1) is 13.8. The average molecular weight is 375 g/mol. The van der Waals surface area contributed by atoms with Gasteiger partial charge in [0.05, 0.1) is 11.9 Å². The lowest BCUT2D eigenvalue weighted by Crippen LogP contribution is -2.40. The molecule has 0 radical (unpaired) electrons. The molecule has 2 aliphatic rings. The van der Waals surface area contributed by atoms with Crippen molar-refractivity contribution in [2.24, 2.45) is 5.92 Å². The Bertz CT molecular complexity index is 979. The molecule has 1 amide bonds. The Morgan fingerprint density at radius 2 is 1.96 bits per heavy atom. The van der Waals surface area contributed by atoms with Gasteiger partial charge >= 0.3 is 0 Å². The summed E-state index contributed by atoms with van der Waals surface area (Å²) in [5.74, 6) is 1.71. The number of amides is 1. The molecule has 0 spiro atoms. The highest BCUT2D eigenvalue weighted by atomic mass is 16.2. The number of anilines is 1. The van der Waals surface area contributed by atoms with Gasteiger partial charge in [-0.2, -0.15) is 5.10 Å². The van der Waals surface area contributed by atoms with Crippen LogP contribution < -0.4 is 5.32 Å². The number of nitrogens with one attached hydrogen (secondary N) is 1. The third kappa shape index (κ3) is 3.59. The van der Waals surface area contributed by atoms with Crippen molar-refractivity contribution in [3.63, 3.8) is 0 Å². The first kappa shape index (κ1) is 17.2. The van der Waals surface area contributed by atoms with E-state index in [4.69, 9.17) is 10.1 Å². The highest BCUT2D eigenvalue weighted by Gasteiger charge is 2.36. The number of piperidine rings is 1. The van der Waals surface area contributed by atoms with Gasteiger partial charge < -0.3 is 10.2 Å². The number of benzene rings is 1. The first-order valence-electron chi connectivity index (χ1n) is 10.2. The van der Waals surface area contributed by atoms with Gasteiger partial charge in [0.15, 0.2) is 11.5 Å². The predicted octanol–water partition coefficient (Wildman–Crippen LogP) is 3.46. The van der Waals surface area contributed by atoms with E-state index >= 15 is 0 Å². The van der Waals surface area contributed by atoms with Crippen molar-refractivity contribution in [3.8, 4) is 0 Å². The molecule has 144 valence electrons. The van der Waals surface area contributed by atoms with Gasteiger partial charge in [0.1, 0.15) is 0 Å². The van der Waals surface area contributed by atoms with Crippen LogP contribution in [0.2, 0.25) is 0 Å². The third-order valence-electron chi connectivity index (χ3n) is 5.71. The average Bonchev–Trinajstić information content (AvgIpc) is 3.51. The molecule has 6 heteroatoms. The number of hydrogen-bond acceptors (Lipinski definition) is 4. The molecule has 1 aliphatic heterocycles. The van der Waals surface area contributed by atoms with Crippen LogP contribution in [0.25, 0.3) is 5.65 Å². The highest BCUT2D eigenvalue weighted by molar-refractivity contribution is 5.81. The lowest BCUT2D eigenvalue weighted by atomic mass is 9.97. The standard InChI is InChI=1S/C22H25N5O/c28-22(17-8-9-17)26-12-4-7-18(14-26)21-24-20-11-10-19(15-27(20)25-21)23-13-16-5-2-1-3-6-16/h1-3,5-6,10-11,15,17-18,23H,4,7-9,12-14H2. The van der Waals surface area contributed by atoms with Crippen molar-refractivity contribution in [1.82, 2.24) is 19.5 Å². The molecular formula is C22H25N5O. The first-order valence-corrected chi connectivity index (χ1v) is 10.2. The van der Waals surface area contributed by atoms with Gasteiger partial charge in [-0.25, -0.2) is 9.50 Å². The van der Waals surface area contributed by atoms with Gasteiger partial charge in [0, 0.05) is 31.5 Å². The summed E-state index contributed by atoms with van der Waals surface area (Å²) in [6.45, 7) is 2.41. The molecule has 3 heterocycles. The van der Waals surface area contributed by atoms with Crippen LogP contribution in [-0.2, 0) is 11.3 Å². The largest absolute Gasteiger partial charge is 0.380 e. The molecule has 1 saturated heterocycles. The smallest absolute Gasteiger partial charge is 0.225 e. The van der Waals surface area contributed by atoms with Crippen LogP contribution in [0.3, 0.4) is 0 Å². The fraction of sp³-hybridized carbons (Fsp3) is 0.409. The van der Waals surface area contributed by atoms with Gasteiger partial charge in [0.25, 0.3) is 0 Å². The number of carbonyl (C=O) groups is 1. The van der Waals surface area contributed by atoms with Crippen LogP contribution in [0.4, 0.5) is 5.69 Å². The molecule has 3 aromatic rings. The summed E-state index contributed by atoms with van der Waals surface area (Å²) in [6.07, 6.45) is 6.19. The van der Waals surface area contributed by atoms with Crippen molar-refractivity contribution in [2.45, 2.75) is 38.1 Å². The van der Waals surface area contributed by atoms with E-state index in [0.29, 0.717) is 5.91 Å². The Balaban J connectivity index is 1.30. The minimum absolute atomic E-state index is 0.233. The Morgan fingerprint density at radius 3 is 2.79 bits per heavy atom. The van der Waals surface area contributed by atoms with Crippen LogP contribution >= 0.6 is 0 Å². The number of fused-ring (bicyclic) bond motifs is 1. The number of hydrogen-bond donors (Lipinski definition) is 1. The van der Waals surface area contributed by atoms with Gasteiger partial charge in [-0.15, -0.1) is 0 Å². The quantitative estimate of drug-likeness (QED) is 0.742. The molecule has 1 atom stereocenters. The summed E-state index contributed by atoms with van der Waals surface area (Å²) >= 11 is 0. The Kier molecular flexibility index (Phi) is 4.47. The van der Waals surface area contributed by atoms with E-state index in [1.807, 2.05) is 45.9 Å². The van der Waals surface area contributed by atoms with Gasteiger partial charge in [-0.3, -0.25) is 4.79 Å². The molecule has 28 heavy (non-hydrogen) atoms. The lowest BCUT2D eigenvalue weighted by molar-refractivity contribution is -0.133. The number of pyridine rings is 1. The number of likely N-dealkylation sites (tertiary alicyclic amines) is 1. The topological polar surface area (TPSA) is 62.5 Å². The van der Waals surface area contributed by atoms with E-state index in [9.17, 15) is 4.79 Å². The molecule has 1 aliphatic carbocycles. The molecule has 0 bridgehead atoms. The summed E-state index contributed by atoms with van der Waals surface area (Å²) in [5.41, 5.74) is 3.11. The zero-order chi connectivity index (χ0) is 18.9. The molecular weight excluding hydrogens is 350 g/mol. The van der Waals surface area contributed by atoms with Gasteiger partial charge in [-0.05, 0) is 43.4 Å². The minimum atomic E-state index is 0.233. The lowest BCUT2D eigenvalue weighted by Gasteiger charge is -2.31. The van der Waals surface area contributed by atoms with Gasteiger partial charge in [-0.1, -0.05) is 30.3 Å². The van der Waals surface area contributed by atoms with Crippen LogP contribution in [-0.4, -0.2) is 38.5 Å². The van der Waals surface area contributed by atoms with E-state index in [-0.39, 0.29) is 11.8 Å². The maximum Gasteiger partial charge on any atom is 0.225 e. The fourth-order valence-electron chi connectivity index (χ4n) is 3.95. The number of aromatic nitrogens is 3. The second kappa shape index (κ2) is 7.26. The molecule has 1 saturated carbocycles. The third-order valence-corrected chi connectivity index (χ3v) is 5.71. The van der Waals surface area contributed by atoms with E-state index in [0.717, 1.165) is 62.5 Å². The molecule has 5 rings (SSSR count). The SMILES string of the molecule is O=C(C1CC1)N1CCCC(c2nc3ccc(NCc4ccccc4)cn3n2)C1. The highest BCUT2D eigenvalue weighted by Crippen LogP contribution is 2.34.